The molecule has 0 bridgehead atoms. The lowest BCUT2D eigenvalue weighted by Gasteiger charge is -2.32. The fourth-order valence-electron chi connectivity index (χ4n) is 1.74. The van der Waals surface area contributed by atoms with E-state index in [9.17, 15) is 14.4 Å². The lowest BCUT2D eigenvalue weighted by molar-refractivity contribution is -0.144. The van der Waals surface area contributed by atoms with Crippen molar-refractivity contribution in [3.8, 4) is 0 Å². The van der Waals surface area contributed by atoms with Crippen LogP contribution in [0.3, 0.4) is 0 Å². The van der Waals surface area contributed by atoms with Gasteiger partial charge < -0.3 is 15.3 Å². The zero-order valence-electron chi connectivity index (χ0n) is 9.67. The zero-order valence-corrected chi connectivity index (χ0v) is 11.3. The molecule has 2 N–H and O–H groups in total. The Labute approximate surface area is 116 Å². The van der Waals surface area contributed by atoms with E-state index in [-0.39, 0.29) is 24.6 Å². The fraction of sp³-hybridized carbons (Fsp3) is 0.273. The fourth-order valence-corrected chi connectivity index (χ4v) is 1.98. The van der Waals surface area contributed by atoms with Gasteiger partial charge in [0, 0.05) is 12.7 Å². The summed E-state index contributed by atoms with van der Waals surface area (Å²) in [5.41, 5.74) is 0.240. The van der Waals surface area contributed by atoms with Crippen LogP contribution in [-0.4, -0.2) is 51.9 Å². The monoisotopic (exact) mass is 327 g/mol. The predicted molar refractivity (Wildman–Crippen MR) is 67.4 cm³/mol. The third-order valence-electron chi connectivity index (χ3n) is 2.70. The van der Waals surface area contributed by atoms with E-state index in [4.69, 9.17) is 5.11 Å². The number of piperazine rings is 1. The number of halogens is 1. The van der Waals surface area contributed by atoms with E-state index in [0.29, 0.717) is 4.60 Å². The van der Waals surface area contributed by atoms with Crippen molar-refractivity contribution in [3.63, 3.8) is 0 Å². The maximum Gasteiger partial charge on any atom is 0.328 e. The molecule has 0 spiro atoms. The average molecular weight is 328 g/mol. The summed E-state index contributed by atoms with van der Waals surface area (Å²) in [6.45, 7) is -0.365. The molecule has 1 saturated heterocycles. The van der Waals surface area contributed by atoms with Gasteiger partial charge in [-0.3, -0.25) is 9.59 Å². The molecule has 2 heterocycles. The number of carboxylic acids is 1. The molecule has 1 aromatic heterocycles. The topological polar surface area (TPSA) is 99.6 Å². The standard InChI is InChI=1S/C11H10BrN3O4/c12-8-2-1-6(3-13-8)10(17)15-5-9(16)14-4-7(15)11(18)19/h1-3,7H,4-5H2,(H,14,16)(H,18,19). The first-order valence-corrected chi connectivity index (χ1v) is 6.20. The van der Waals surface area contributed by atoms with Gasteiger partial charge in [0.2, 0.25) is 5.91 Å². The summed E-state index contributed by atoms with van der Waals surface area (Å²) >= 11 is 3.14. The van der Waals surface area contributed by atoms with Crippen molar-refractivity contribution in [1.29, 1.82) is 0 Å². The Bertz CT molecular complexity index is 531. The van der Waals surface area contributed by atoms with E-state index in [2.05, 4.69) is 26.2 Å². The van der Waals surface area contributed by atoms with Gasteiger partial charge >= 0.3 is 5.97 Å². The van der Waals surface area contributed by atoms with Gasteiger partial charge in [-0.15, -0.1) is 0 Å². The minimum absolute atomic E-state index is 0.0934. The SMILES string of the molecule is O=C1CN(C(=O)c2ccc(Br)nc2)C(C(=O)O)CN1. The lowest BCUT2D eigenvalue weighted by Crippen LogP contribution is -2.59. The predicted octanol–water partition coefficient (Wildman–Crippen LogP) is -0.131. The van der Waals surface area contributed by atoms with Gasteiger partial charge in [-0.05, 0) is 28.1 Å². The van der Waals surface area contributed by atoms with Crippen LogP contribution in [0.25, 0.3) is 0 Å². The first kappa shape index (κ1) is 13.5. The number of rotatable bonds is 2. The van der Waals surface area contributed by atoms with E-state index >= 15 is 0 Å². The van der Waals surface area contributed by atoms with Crippen molar-refractivity contribution in [2.45, 2.75) is 6.04 Å². The number of amides is 2. The van der Waals surface area contributed by atoms with Crippen LogP contribution >= 0.6 is 15.9 Å². The Kier molecular flexibility index (Phi) is 3.79. The number of aromatic nitrogens is 1. The van der Waals surface area contributed by atoms with Gasteiger partial charge in [-0.1, -0.05) is 0 Å². The third kappa shape index (κ3) is 2.90. The first-order chi connectivity index (χ1) is 8.99. The van der Waals surface area contributed by atoms with Crippen molar-refractivity contribution < 1.29 is 19.5 Å². The van der Waals surface area contributed by atoms with Gasteiger partial charge in [0.15, 0.2) is 0 Å². The molecule has 1 aliphatic rings. The maximum absolute atomic E-state index is 12.2. The van der Waals surface area contributed by atoms with Crippen molar-refractivity contribution in [2.75, 3.05) is 13.1 Å². The largest absolute Gasteiger partial charge is 0.480 e. The number of hydrogen-bond acceptors (Lipinski definition) is 4. The van der Waals surface area contributed by atoms with E-state index in [1.165, 1.54) is 12.3 Å². The minimum atomic E-state index is -1.15. The number of nitrogens with one attached hydrogen (secondary N) is 1. The number of carbonyl (C=O) groups excluding carboxylic acids is 2. The molecule has 1 aliphatic heterocycles. The van der Waals surface area contributed by atoms with E-state index in [1.54, 1.807) is 6.07 Å². The van der Waals surface area contributed by atoms with Gasteiger partial charge in [0.1, 0.15) is 17.2 Å². The molecule has 1 aromatic rings. The van der Waals surface area contributed by atoms with Crippen LogP contribution < -0.4 is 5.32 Å². The molecular formula is C11H10BrN3O4. The molecule has 0 aliphatic carbocycles. The quantitative estimate of drug-likeness (QED) is 0.737. The molecular weight excluding hydrogens is 318 g/mol. The van der Waals surface area contributed by atoms with Gasteiger partial charge in [-0.25, -0.2) is 9.78 Å². The van der Waals surface area contributed by atoms with E-state index in [0.717, 1.165) is 4.90 Å². The second-order valence-electron chi connectivity index (χ2n) is 3.96. The maximum atomic E-state index is 12.2. The summed E-state index contributed by atoms with van der Waals surface area (Å²) in [5, 5.41) is 11.5. The summed E-state index contributed by atoms with van der Waals surface area (Å²) < 4.78 is 0.565. The molecule has 1 unspecified atom stereocenters. The molecule has 0 saturated carbocycles. The summed E-state index contributed by atoms with van der Waals surface area (Å²) in [7, 11) is 0. The Morgan fingerprint density at radius 3 is 2.79 bits per heavy atom. The number of carbonyl (C=O) groups is 3. The van der Waals surface area contributed by atoms with E-state index in [1.807, 2.05) is 0 Å². The molecule has 19 heavy (non-hydrogen) atoms. The molecule has 0 aromatic carbocycles. The zero-order chi connectivity index (χ0) is 14.0. The molecule has 1 fully saturated rings. The Morgan fingerprint density at radius 1 is 1.47 bits per heavy atom. The highest BCUT2D eigenvalue weighted by Crippen LogP contribution is 2.13. The lowest BCUT2D eigenvalue weighted by atomic mass is 10.1. The summed E-state index contributed by atoms with van der Waals surface area (Å²) in [5.74, 6) is -2.06. The number of nitrogens with zero attached hydrogens (tertiary/aromatic N) is 2. The Morgan fingerprint density at radius 2 is 2.21 bits per heavy atom. The number of pyridine rings is 1. The average Bonchev–Trinajstić information content (AvgIpc) is 2.38. The molecule has 8 heteroatoms. The normalized spacial score (nSPS) is 18.9. The van der Waals surface area contributed by atoms with Crippen LogP contribution in [0.2, 0.25) is 0 Å². The molecule has 1 atom stereocenters. The summed E-state index contributed by atoms with van der Waals surface area (Å²) in [6, 6.07) is 2.03. The van der Waals surface area contributed by atoms with Crippen molar-refractivity contribution in [1.82, 2.24) is 15.2 Å². The summed E-state index contributed by atoms with van der Waals surface area (Å²) in [6.07, 6.45) is 1.33. The van der Waals surface area contributed by atoms with Crippen LogP contribution in [0.5, 0.6) is 0 Å². The third-order valence-corrected chi connectivity index (χ3v) is 3.17. The van der Waals surface area contributed by atoms with E-state index < -0.39 is 17.9 Å². The number of carboxylic acid groups (broad SMARTS) is 1. The highest BCUT2D eigenvalue weighted by molar-refractivity contribution is 9.10. The smallest absolute Gasteiger partial charge is 0.328 e. The molecule has 0 radical (unpaired) electrons. The molecule has 2 amide bonds. The Hall–Kier alpha value is -1.96. The van der Waals surface area contributed by atoms with Crippen LogP contribution in [0.4, 0.5) is 0 Å². The van der Waals surface area contributed by atoms with Crippen molar-refractivity contribution in [2.24, 2.45) is 0 Å². The van der Waals surface area contributed by atoms with Crippen LogP contribution in [0.1, 0.15) is 10.4 Å². The summed E-state index contributed by atoms with van der Waals surface area (Å²) in [4.78, 5) is 39.5. The molecule has 7 nitrogen and oxygen atoms in total. The van der Waals surface area contributed by atoms with Crippen molar-refractivity contribution in [3.05, 3.63) is 28.5 Å². The van der Waals surface area contributed by atoms with Crippen LogP contribution in [-0.2, 0) is 9.59 Å². The Balaban J connectivity index is 2.26. The van der Waals surface area contributed by atoms with Crippen LogP contribution in [0.15, 0.2) is 22.9 Å². The minimum Gasteiger partial charge on any atom is -0.480 e. The molecule has 2 rings (SSSR count). The van der Waals surface area contributed by atoms with Gasteiger partial charge in [-0.2, -0.15) is 0 Å². The highest BCUT2D eigenvalue weighted by Gasteiger charge is 2.35. The number of hydrogen-bond donors (Lipinski definition) is 2. The first-order valence-electron chi connectivity index (χ1n) is 5.41. The van der Waals surface area contributed by atoms with Crippen molar-refractivity contribution >= 4 is 33.7 Å². The molecule has 100 valence electrons. The highest BCUT2D eigenvalue weighted by atomic mass is 79.9. The van der Waals surface area contributed by atoms with Gasteiger partial charge in [0.25, 0.3) is 5.91 Å². The van der Waals surface area contributed by atoms with Gasteiger partial charge in [0.05, 0.1) is 5.56 Å². The second-order valence-corrected chi connectivity index (χ2v) is 4.77. The number of aliphatic carboxylic acids is 1. The second kappa shape index (κ2) is 5.35. The van der Waals surface area contributed by atoms with Crippen LogP contribution in [0, 0.1) is 0 Å².